The molecule has 5 nitrogen and oxygen atoms in total. The third-order valence-corrected chi connectivity index (χ3v) is 5.24. The van der Waals surface area contributed by atoms with Gasteiger partial charge in [0.15, 0.2) is 10.7 Å². The van der Waals surface area contributed by atoms with Crippen molar-refractivity contribution in [3.05, 3.63) is 63.9 Å². The SMILES string of the molecule is CCn1cc(C(=O)O)c(=O)c2cc(F)c(-c3ccc([S+](C)[O-])cc3)c(F)c21. The smallest absolute Gasteiger partial charge is 0.341 e. The molecule has 1 heterocycles. The lowest BCUT2D eigenvalue weighted by Crippen LogP contribution is -2.20. The zero-order chi connectivity index (χ0) is 19.9. The van der Waals surface area contributed by atoms with Crippen LogP contribution in [-0.2, 0) is 17.7 Å². The van der Waals surface area contributed by atoms with Crippen LogP contribution in [0.4, 0.5) is 8.78 Å². The first-order valence-electron chi connectivity index (χ1n) is 7.98. The van der Waals surface area contributed by atoms with E-state index in [9.17, 15) is 18.5 Å². The number of carbonyl (C=O) groups is 1. The molecule has 3 aromatic rings. The van der Waals surface area contributed by atoms with Gasteiger partial charge >= 0.3 is 5.97 Å². The minimum atomic E-state index is -1.46. The monoisotopic (exact) mass is 391 g/mol. The van der Waals surface area contributed by atoms with Crippen LogP contribution in [0.5, 0.6) is 0 Å². The Morgan fingerprint density at radius 2 is 1.89 bits per heavy atom. The van der Waals surface area contributed by atoms with Gasteiger partial charge in [-0.05, 0) is 54.0 Å². The lowest BCUT2D eigenvalue weighted by Gasteiger charge is -2.14. The molecule has 0 bridgehead atoms. The number of aromatic carboxylic acids is 1. The lowest BCUT2D eigenvalue weighted by molar-refractivity contribution is 0.0694. The Kier molecular flexibility index (Phi) is 5.03. The fourth-order valence-electron chi connectivity index (χ4n) is 2.97. The highest BCUT2D eigenvalue weighted by atomic mass is 32.2. The molecule has 0 aliphatic heterocycles. The van der Waals surface area contributed by atoms with Gasteiger partial charge in [-0.1, -0.05) is 0 Å². The fraction of sp³-hybridized carbons (Fsp3) is 0.158. The molecule has 3 rings (SSSR count). The molecule has 0 saturated heterocycles. The number of halogens is 2. The van der Waals surface area contributed by atoms with Gasteiger partial charge in [-0.15, -0.1) is 0 Å². The predicted octanol–water partition coefficient (Wildman–Crippen LogP) is 3.40. The first-order valence-corrected chi connectivity index (χ1v) is 9.54. The molecule has 140 valence electrons. The van der Waals surface area contributed by atoms with Crippen LogP contribution in [0.15, 0.2) is 46.2 Å². The van der Waals surface area contributed by atoms with E-state index < -0.39 is 39.8 Å². The van der Waals surface area contributed by atoms with Crippen molar-refractivity contribution in [1.29, 1.82) is 0 Å². The summed E-state index contributed by atoms with van der Waals surface area (Å²) in [5.74, 6) is -3.39. The molecule has 0 fully saturated rings. The number of carboxylic acid groups (broad SMARTS) is 1. The number of carboxylic acids is 1. The molecule has 0 spiro atoms. The molecule has 1 N–H and O–H groups in total. The van der Waals surface area contributed by atoms with Gasteiger partial charge in [0, 0.05) is 12.7 Å². The van der Waals surface area contributed by atoms with Crippen LogP contribution in [-0.4, -0.2) is 26.5 Å². The Morgan fingerprint density at radius 1 is 1.26 bits per heavy atom. The molecule has 27 heavy (non-hydrogen) atoms. The third kappa shape index (κ3) is 3.22. The lowest BCUT2D eigenvalue weighted by atomic mass is 10.0. The number of nitrogens with zero attached hydrogens (tertiary/aromatic N) is 1. The Morgan fingerprint density at radius 3 is 2.41 bits per heavy atom. The first kappa shape index (κ1) is 19.1. The summed E-state index contributed by atoms with van der Waals surface area (Å²) in [5, 5.41) is 8.83. The van der Waals surface area contributed by atoms with E-state index in [0.29, 0.717) is 4.90 Å². The van der Waals surface area contributed by atoms with E-state index in [-0.39, 0.29) is 28.6 Å². The van der Waals surface area contributed by atoms with Gasteiger partial charge in [0.25, 0.3) is 0 Å². The molecule has 0 aliphatic carbocycles. The van der Waals surface area contributed by atoms with Crippen molar-refractivity contribution in [3.8, 4) is 11.1 Å². The van der Waals surface area contributed by atoms with Crippen molar-refractivity contribution in [2.24, 2.45) is 0 Å². The fourth-order valence-corrected chi connectivity index (χ4v) is 3.49. The van der Waals surface area contributed by atoms with Crippen molar-refractivity contribution < 1.29 is 23.2 Å². The number of benzene rings is 2. The summed E-state index contributed by atoms with van der Waals surface area (Å²) in [6.07, 6.45) is 2.55. The van der Waals surface area contributed by atoms with Crippen molar-refractivity contribution in [1.82, 2.24) is 4.57 Å². The van der Waals surface area contributed by atoms with E-state index in [2.05, 4.69) is 0 Å². The molecule has 0 saturated carbocycles. The number of hydrogen-bond donors (Lipinski definition) is 1. The summed E-state index contributed by atoms with van der Waals surface area (Å²) >= 11 is -1.23. The first-order chi connectivity index (χ1) is 12.8. The van der Waals surface area contributed by atoms with Gasteiger partial charge in [-0.2, -0.15) is 0 Å². The molecule has 2 aromatic carbocycles. The Bertz CT molecular complexity index is 1110. The van der Waals surface area contributed by atoms with Crippen LogP contribution in [0.1, 0.15) is 17.3 Å². The number of pyridine rings is 1. The second kappa shape index (κ2) is 7.13. The maximum Gasteiger partial charge on any atom is 0.341 e. The molecule has 0 amide bonds. The van der Waals surface area contributed by atoms with E-state index >= 15 is 4.39 Å². The van der Waals surface area contributed by atoms with E-state index in [1.165, 1.54) is 35.1 Å². The molecule has 1 atom stereocenters. The molecule has 0 aliphatic rings. The van der Waals surface area contributed by atoms with Crippen molar-refractivity contribution in [2.45, 2.75) is 18.4 Å². The minimum Gasteiger partial charge on any atom is -0.612 e. The average Bonchev–Trinajstić information content (AvgIpc) is 2.62. The average molecular weight is 391 g/mol. The quantitative estimate of drug-likeness (QED) is 0.691. The number of hydrogen-bond acceptors (Lipinski definition) is 3. The highest BCUT2D eigenvalue weighted by Crippen LogP contribution is 2.32. The van der Waals surface area contributed by atoms with Crippen molar-refractivity contribution in [3.63, 3.8) is 0 Å². The maximum absolute atomic E-state index is 15.2. The van der Waals surface area contributed by atoms with Gasteiger partial charge in [-0.3, -0.25) is 4.79 Å². The summed E-state index contributed by atoms with van der Waals surface area (Å²) in [7, 11) is 0. The highest BCUT2D eigenvalue weighted by molar-refractivity contribution is 7.90. The van der Waals surface area contributed by atoms with E-state index in [0.717, 1.165) is 12.3 Å². The molecular weight excluding hydrogens is 376 g/mol. The van der Waals surface area contributed by atoms with Crippen molar-refractivity contribution in [2.75, 3.05) is 6.26 Å². The maximum atomic E-state index is 15.2. The van der Waals surface area contributed by atoms with Crippen LogP contribution in [0, 0.1) is 11.6 Å². The van der Waals surface area contributed by atoms with Gasteiger partial charge < -0.3 is 14.2 Å². The zero-order valence-electron chi connectivity index (χ0n) is 14.5. The van der Waals surface area contributed by atoms with Gasteiger partial charge in [0.05, 0.1) is 16.5 Å². The molecule has 1 unspecified atom stereocenters. The minimum absolute atomic E-state index is 0.160. The van der Waals surface area contributed by atoms with Crippen molar-refractivity contribution >= 4 is 28.0 Å². The van der Waals surface area contributed by atoms with Gasteiger partial charge in [0.1, 0.15) is 17.6 Å². The standard InChI is InChI=1S/C19H15F2NO4S/c1-3-22-9-13(19(24)25)18(23)12-8-14(20)15(16(21)17(12)22)10-4-6-11(7-5-10)27(2)26/h4-9H,3H2,1-2H3,(H,24,25). The molecule has 0 radical (unpaired) electrons. The topological polar surface area (TPSA) is 82.4 Å². The van der Waals surface area contributed by atoms with Gasteiger partial charge in [0.2, 0.25) is 5.43 Å². The van der Waals surface area contributed by atoms with E-state index in [4.69, 9.17) is 5.11 Å². The van der Waals surface area contributed by atoms with Crippen LogP contribution in [0.2, 0.25) is 0 Å². The summed E-state index contributed by atoms with van der Waals surface area (Å²) < 4.78 is 42.7. The Hall–Kier alpha value is -2.71. The number of aryl methyl sites for hydroxylation is 1. The number of fused-ring (bicyclic) bond motifs is 1. The normalized spacial score (nSPS) is 12.3. The summed E-state index contributed by atoms with van der Waals surface area (Å²) in [4.78, 5) is 24.1. The van der Waals surface area contributed by atoms with E-state index in [1.807, 2.05) is 0 Å². The summed E-state index contributed by atoms with van der Waals surface area (Å²) in [6.45, 7) is 1.84. The predicted molar refractivity (Wildman–Crippen MR) is 98.5 cm³/mol. The largest absolute Gasteiger partial charge is 0.612 e. The second-order valence-corrected chi connectivity index (χ2v) is 7.26. The summed E-state index contributed by atoms with van der Waals surface area (Å²) in [5.41, 5.74) is -1.76. The second-order valence-electron chi connectivity index (χ2n) is 5.89. The molecular formula is C19H15F2NO4S. The Balaban J connectivity index is 2.35. The van der Waals surface area contributed by atoms with Crippen LogP contribution >= 0.6 is 0 Å². The van der Waals surface area contributed by atoms with Crippen LogP contribution in [0.25, 0.3) is 22.0 Å². The van der Waals surface area contributed by atoms with E-state index in [1.54, 1.807) is 6.92 Å². The van der Waals surface area contributed by atoms with Crippen LogP contribution in [0.3, 0.4) is 0 Å². The highest BCUT2D eigenvalue weighted by Gasteiger charge is 2.22. The third-order valence-electron chi connectivity index (χ3n) is 4.30. The number of rotatable bonds is 4. The van der Waals surface area contributed by atoms with Gasteiger partial charge in [-0.25, -0.2) is 13.6 Å². The molecule has 8 heteroatoms. The summed E-state index contributed by atoms with van der Waals surface area (Å²) in [6, 6.07) is 6.78. The Labute approximate surface area is 156 Å². The zero-order valence-corrected chi connectivity index (χ0v) is 15.3. The number of aromatic nitrogens is 1. The molecule has 1 aromatic heterocycles. The van der Waals surface area contributed by atoms with Crippen LogP contribution < -0.4 is 5.43 Å².